The lowest BCUT2D eigenvalue weighted by Gasteiger charge is -2.25. The van der Waals surface area contributed by atoms with Gasteiger partial charge in [0.1, 0.15) is 0 Å². The lowest BCUT2D eigenvalue weighted by molar-refractivity contribution is 0.249. The second-order valence-electron chi connectivity index (χ2n) is 9.57. The summed E-state index contributed by atoms with van der Waals surface area (Å²) in [6, 6.07) is 9.16. The molecule has 3 rings (SSSR count). The quantitative estimate of drug-likeness (QED) is 0.750. The second-order valence-corrected chi connectivity index (χ2v) is 11.8. The molecule has 0 radical (unpaired) electrons. The van der Waals surface area contributed by atoms with Crippen molar-refractivity contribution in [1.29, 1.82) is 0 Å². The summed E-state index contributed by atoms with van der Waals surface area (Å²) >= 11 is 0. The molecule has 1 spiro atoms. The van der Waals surface area contributed by atoms with Crippen LogP contribution < -0.4 is 0 Å². The van der Waals surface area contributed by atoms with Crippen molar-refractivity contribution in [3.05, 3.63) is 35.4 Å². The number of likely N-dealkylation sites (tertiary alicyclic amines) is 1. The fourth-order valence-corrected chi connectivity index (χ4v) is 6.89. The van der Waals surface area contributed by atoms with Crippen LogP contribution in [-0.2, 0) is 21.7 Å². The number of nitrogens with zero attached hydrogens (tertiary/aromatic N) is 1. The molecule has 2 aliphatic heterocycles. The molecular weight excluding hydrogens is 342 g/mol. The van der Waals surface area contributed by atoms with E-state index in [1.54, 1.807) is 0 Å². The average molecular weight is 378 g/mol. The first-order valence-electron chi connectivity index (χ1n) is 10.2. The van der Waals surface area contributed by atoms with E-state index in [1.165, 1.54) is 11.1 Å². The zero-order valence-electron chi connectivity index (χ0n) is 16.9. The van der Waals surface area contributed by atoms with Gasteiger partial charge in [-0.2, -0.15) is 0 Å². The minimum absolute atomic E-state index is 0.0614. The molecule has 1 aromatic rings. The van der Waals surface area contributed by atoms with Crippen LogP contribution in [0.2, 0.25) is 0 Å². The van der Waals surface area contributed by atoms with Crippen molar-refractivity contribution < 1.29 is 8.42 Å². The van der Waals surface area contributed by atoms with Gasteiger partial charge in [-0.25, -0.2) is 8.42 Å². The van der Waals surface area contributed by atoms with E-state index >= 15 is 0 Å². The monoisotopic (exact) mass is 377 g/mol. The number of hydrogen-bond acceptors (Lipinski definition) is 3. The first-order valence-corrected chi connectivity index (χ1v) is 12.0. The Morgan fingerprint density at radius 2 is 1.88 bits per heavy atom. The Balaban J connectivity index is 1.53. The molecule has 2 aliphatic rings. The Morgan fingerprint density at radius 3 is 2.46 bits per heavy atom. The maximum absolute atomic E-state index is 11.9. The van der Waals surface area contributed by atoms with E-state index in [0.29, 0.717) is 17.4 Å². The normalized spacial score (nSPS) is 27.2. The Morgan fingerprint density at radius 1 is 1.19 bits per heavy atom. The Labute approximate surface area is 160 Å². The van der Waals surface area contributed by atoms with Crippen LogP contribution >= 0.6 is 0 Å². The number of sulfone groups is 1. The fourth-order valence-electron chi connectivity index (χ4n) is 4.69. The van der Waals surface area contributed by atoms with Gasteiger partial charge in [-0.1, -0.05) is 52.0 Å². The fraction of sp³-hybridized carbons (Fsp3) is 0.727. The summed E-state index contributed by atoms with van der Waals surface area (Å²) in [5.41, 5.74) is 3.13. The summed E-state index contributed by atoms with van der Waals surface area (Å²) in [4.78, 5) is 2.50. The third-order valence-electron chi connectivity index (χ3n) is 6.76. The molecule has 2 fully saturated rings. The summed E-state index contributed by atoms with van der Waals surface area (Å²) < 4.78 is 23.7. The molecule has 0 aliphatic carbocycles. The zero-order chi connectivity index (χ0) is 19.0. The van der Waals surface area contributed by atoms with Crippen molar-refractivity contribution >= 4 is 9.84 Å². The summed E-state index contributed by atoms with van der Waals surface area (Å²) in [7, 11) is -2.78. The smallest absolute Gasteiger partial charge is 0.150 e. The Kier molecular flexibility index (Phi) is 5.56. The van der Waals surface area contributed by atoms with Crippen molar-refractivity contribution in [3.63, 3.8) is 0 Å². The molecule has 146 valence electrons. The molecule has 2 saturated heterocycles. The predicted molar refractivity (Wildman–Crippen MR) is 109 cm³/mol. The third-order valence-corrected chi connectivity index (χ3v) is 8.64. The van der Waals surface area contributed by atoms with Crippen molar-refractivity contribution in [3.8, 4) is 0 Å². The van der Waals surface area contributed by atoms with E-state index in [-0.39, 0.29) is 10.8 Å². The highest BCUT2D eigenvalue weighted by molar-refractivity contribution is 7.91. The number of rotatable bonds is 6. The van der Waals surface area contributed by atoms with Gasteiger partial charge in [0, 0.05) is 13.1 Å². The minimum Gasteiger partial charge on any atom is -0.302 e. The van der Waals surface area contributed by atoms with E-state index in [9.17, 15) is 8.42 Å². The first kappa shape index (κ1) is 19.9. The molecule has 1 aromatic carbocycles. The van der Waals surface area contributed by atoms with Crippen LogP contribution in [-0.4, -0.2) is 44.5 Å². The minimum atomic E-state index is -2.78. The van der Waals surface area contributed by atoms with Crippen LogP contribution in [0, 0.1) is 11.3 Å². The molecule has 3 nitrogen and oxygen atoms in total. The standard InChI is InChI=1S/C22H35NO2S/c1-5-21(3,4)20-8-6-19(7-9-20)14-18(2)15-23-12-10-22(16-23)11-13-26(24,25)17-22/h6-9,18H,5,10-17H2,1-4H3/t18?,22-/m1/s1. The van der Waals surface area contributed by atoms with Gasteiger partial charge in [-0.15, -0.1) is 0 Å². The number of benzene rings is 1. The molecule has 26 heavy (non-hydrogen) atoms. The van der Waals surface area contributed by atoms with Crippen LogP contribution in [0.3, 0.4) is 0 Å². The Hall–Kier alpha value is -0.870. The molecule has 4 heteroatoms. The van der Waals surface area contributed by atoms with Crippen molar-refractivity contribution in [2.45, 2.75) is 58.8 Å². The molecule has 0 amide bonds. The van der Waals surface area contributed by atoms with Crippen LogP contribution in [0.4, 0.5) is 0 Å². The molecular formula is C22H35NO2S. The van der Waals surface area contributed by atoms with Gasteiger partial charge in [0.15, 0.2) is 9.84 Å². The van der Waals surface area contributed by atoms with E-state index in [4.69, 9.17) is 0 Å². The molecule has 0 N–H and O–H groups in total. The molecule has 2 heterocycles. The molecule has 0 bridgehead atoms. The third kappa shape index (κ3) is 4.51. The highest BCUT2D eigenvalue weighted by atomic mass is 32.2. The van der Waals surface area contributed by atoms with E-state index in [1.807, 2.05) is 0 Å². The van der Waals surface area contributed by atoms with E-state index < -0.39 is 9.84 Å². The van der Waals surface area contributed by atoms with Crippen LogP contribution in [0.1, 0.15) is 58.1 Å². The van der Waals surface area contributed by atoms with E-state index in [0.717, 1.165) is 45.3 Å². The van der Waals surface area contributed by atoms with Gasteiger partial charge in [0.25, 0.3) is 0 Å². The first-order chi connectivity index (χ1) is 12.1. The van der Waals surface area contributed by atoms with Gasteiger partial charge < -0.3 is 4.90 Å². The van der Waals surface area contributed by atoms with Gasteiger partial charge in [-0.3, -0.25) is 0 Å². The van der Waals surface area contributed by atoms with Crippen LogP contribution in [0.25, 0.3) is 0 Å². The van der Waals surface area contributed by atoms with Crippen molar-refractivity contribution in [1.82, 2.24) is 4.90 Å². The number of hydrogen-bond donors (Lipinski definition) is 0. The van der Waals surface area contributed by atoms with Gasteiger partial charge in [0.05, 0.1) is 11.5 Å². The van der Waals surface area contributed by atoms with Gasteiger partial charge >= 0.3 is 0 Å². The van der Waals surface area contributed by atoms with Crippen LogP contribution in [0.15, 0.2) is 24.3 Å². The molecule has 0 saturated carbocycles. The maximum Gasteiger partial charge on any atom is 0.150 e. The highest BCUT2D eigenvalue weighted by Gasteiger charge is 2.46. The second kappa shape index (κ2) is 7.27. The van der Waals surface area contributed by atoms with Crippen molar-refractivity contribution in [2.24, 2.45) is 11.3 Å². The van der Waals surface area contributed by atoms with Crippen molar-refractivity contribution in [2.75, 3.05) is 31.1 Å². The summed E-state index contributed by atoms with van der Waals surface area (Å²) in [6.07, 6.45) is 4.17. The largest absolute Gasteiger partial charge is 0.302 e. The highest BCUT2D eigenvalue weighted by Crippen LogP contribution is 2.41. The zero-order valence-corrected chi connectivity index (χ0v) is 17.7. The average Bonchev–Trinajstić information content (AvgIpc) is 3.10. The summed E-state index contributed by atoms with van der Waals surface area (Å²) in [5.74, 6) is 1.41. The maximum atomic E-state index is 11.9. The molecule has 1 unspecified atom stereocenters. The lowest BCUT2D eigenvalue weighted by atomic mass is 9.82. The predicted octanol–water partition coefficient (Wildman–Crippen LogP) is 4.06. The summed E-state index contributed by atoms with van der Waals surface area (Å²) in [6.45, 7) is 12.3. The topological polar surface area (TPSA) is 37.4 Å². The van der Waals surface area contributed by atoms with Gasteiger partial charge in [-0.05, 0) is 60.1 Å². The summed E-state index contributed by atoms with van der Waals surface area (Å²) in [5, 5.41) is 0. The van der Waals surface area contributed by atoms with Crippen LogP contribution in [0.5, 0.6) is 0 Å². The SMILES string of the molecule is CCC(C)(C)c1ccc(CC(C)CN2CC[C@@]3(CCS(=O)(=O)C3)C2)cc1. The lowest BCUT2D eigenvalue weighted by Crippen LogP contribution is -2.31. The molecule has 2 atom stereocenters. The van der Waals surface area contributed by atoms with E-state index in [2.05, 4.69) is 56.9 Å². The van der Waals surface area contributed by atoms with Gasteiger partial charge in [0.2, 0.25) is 0 Å². The Bertz CT molecular complexity index is 723. The molecule has 0 aromatic heterocycles.